The predicted molar refractivity (Wildman–Crippen MR) is 113 cm³/mol. The maximum Gasteiger partial charge on any atom is 0.280 e. The molecular formula is C20H20ClN5O2S. The lowest BCUT2D eigenvalue weighted by atomic mass is 10.0. The summed E-state index contributed by atoms with van der Waals surface area (Å²) >= 11 is 7.23. The summed E-state index contributed by atoms with van der Waals surface area (Å²) in [7, 11) is 0. The van der Waals surface area contributed by atoms with Gasteiger partial charge < -0.3 is 5.32 Å². The molecule has 1 N–H and O–H groups in total. The Morgan fingerprint density at radius 3 is 2.55 bits per heavy atom. The lowest BCUT2D eigenvalue weighted by molar-refractivity contribution is -0.124. The van der Waals surface area contributed by atoms with E-state index in [1.165, 1.54) is 10.3 Å². The number of benzene rings is 1. The first-order valence-electron chi connectivity index (χ1n) is 8.85. The molecule has 2 heterocycles. The van der Waals surface area contributed by atoms with E-state index < -0.39 is 17.5 Å². The summed E-state index contributed by atoms with van der Waals surface area (Å²) in [6, 6.07) is 10.9. The van der Waals surface area contributed by atoms with Crippen molar-refractivity contribution >= 4 is 40.6 Å². The van der Waals surface area contributed by atoms with E-state index in [4.69, 9.17) is 11.6 Å². The van der Waals surface area contributed by atoms with Gasteiger partial charge in [-0.3, -0.25) is 19.5 Å². The second kappa shape index (κ2) is 8.67. The molecule has 2 amide bonds. The highest BCUT2D eigenvalue weighted by molar-refractivity contribution is 7.03. The van der Waals surface area contributed by atoms with Gasteiger partial charge in [-0.1, -0.05) is 28.2 Å². The standard InChI is InChI=1S/C20H20ClN5O2S/c1-20(2,3)23-18(27)17(15-9-4-5-10-22-15)26(14-8-6-7-13(21)11-14)19(28)16-12-29-25-24-16/h4-12,17H,1-3H3,(H,23,27)/t17-/m0/s1. The van der Waals surface area contributed by atoms with E-state index in [-0.39, 0.29) is 11.6 Å². The number of carbonyl (C=O) groups is 2. The predicted octanol–water partition coefficient (Wildman–Crippen LogP) is 3.89. The van der Waals surface area contributed by atoms with Crippen molar-refractivity contribution in [2.24, 2.45) is 0 Å². The molecule has 2 aromatic heterocycles. The Labute approximate surface area is 177 Å². The fourth-order valence-electron chi connectivity index (χ4n) is 2.75. The zero-order chi connectivity index (χ0) is 21.0. The van der Waals surface area contributed by atoms with E-state index >= 15 is 0 Å². The molecule has 29 heavy (non-hydrogen) atoms. The highest BCUT2D eigenvalue weighted by Crippen LogP contribution is 2.30. The van der Waals surface area contributed by atoms with Crippen LogP contribution in [0.4, 0.5) is 5.69 Å². The van der Waals surface area contributed by atoms with Crippen LogP contribution >= 0.6 is 23.1 Å². The van der Waals surface area contributed by atoms with E-state index in [0.29, 0.717) is 16.4 Å². The summed E-state index contributed by atoms with van der Waals surface area (Å²) < 4.78 is 3.78. The molecule has 0 aliphatic carbocycles. The second-order valence-electron chi connectivity index (χ2n) is 7.34. The molecule has 3 aromatic rings. The average molecular weight is 430 g/mol. The smallest absolute Gasteiger partial charge is 0.280 e. The van der Waals surface area contributed by atoms with Crippen LogP contribution in [0.5, 0.6) is 0 Å². The van der Waals surface area contributed by atoms with Gasteiger partial charge in [-0.15, -0.1) is 5.10 Å². The van der Waals surface area contributed by atoms with Crippen LogP contribution in [0.3, 0.4) is 0 Å². The number of aromatic nitrogens is 3. The van der Waals surface area contributed by atoms with E-state index in [0.717, 1.165) is 11.5 Å². The van der Waals surface area contributed by atoms with Gasteiger partial charge in [-0.2, -0.15) is 0 Å². The van der Waals surface area contributed by atoms with Gasteiger partial charge >= 0.3 is 0 Å². The fourth-order valence-corrected chi connectivity index (χ4v) is 3.36. The largest absolute Gasteiger partial charge is 0.349 e. The Kier molecular flexibility index (Phi) is 6.24. The van der Waals surface area contributed by atoms with Gasteiger partial charge in [0.15, 0.2) is 11.7 Å². The molecular weight excluding hydrogens is 410 g/mol. The summed E-state index contributed by atoms with van der Waals surface area (Å²) in [4.78, 5) is 32.4. The molecule has 0 aliphatic rings. The van der Waals surface area contributed by atoms with Crippen molar-refractivity contribution in [3.8, 4) is 0 Å². The Hall–Kier alpha value is -2.84. The maximum atomic E-state index is 13.4. The molecule has 0 radical (unpaired) electrons. The van der Waals surface area contributed by atoms with E-state index in [1.807, 2.05) is 20.8 Å². The fraction of sp³-hybridized carbons (Fsp3) is 0.250. The van der Waals surface area contributed by atoms with Crippen molar-refractivity contribution in [1.29, 1.82) is 0 Å². The van der Waals surface area contributed by atoms with Crippen molar-refractivity contribution in [3.05, 3.63) is 70.5 Å². The van der Waals surface area contributed by atoms with Gasteiger partial charge in [-0.05, 0) is 62.6 Å². The molecule has 9 heteroatoms. The van der Waals surface area contributed by atoms with Crippen LogP contribution in [0.25, 0.3) is 0 Å². The average Bonchev–Trinajstić information content (AvgIpc) is 3.19. The van der Waals surface area contributed by atoms with Crippen LogP contribution in [0, 0.1) is 0 Å². The number of carbonyl (C=O) groups excluding carboxylic acids is 2. The molecule has 0 unspecified atom stereocenters. The monoisotopic (exact) mass is 429 g/mol. The maximum absolute atomic E-state index is 13.4. The lowest BCUT2D eigenvalue weighted by Crippen LogP contribution is -2.49. The van der Waals surface area contributed by atoms with Gasteiger partial charge in [0, 0.05) is 27.8 Å². The normalized spacial score (nSPS) is 12.3. The third-order valence-electron chi connectivity index (χ3n) is 3.86. The molecule has 0 saturated carbocycles. The number of rotatable bonds is 5. The number of halogens is 1. The number of anilines is 1. The van der Waals surface area contributed by atoms with Gasteiger partial charge in [-0.25, -0.2) is 0 Å². The van der Waals surface area contributed by atoms with Crippen molar-refractivity contribution in [2.75, 3.05) is 4.90 Å². The summed E-state index contributed by atoms with van der Waals surface area (Å²) in [5.74, 6) is -0.839. The molecule has 1 aromatic carbocycles. The Morgan fingerprint density at radius 1 is 1.17 bits per heavy atom. The Morgan fingerprint density at radius 2 is 1.97 bits per heavy atom. The van der Waals surface area contributed by atoms with E-state index in [1.54, 1.807) is 48.7 Å². The van der Waals surface area contributed by atoms with Crippen molar-refractivity contribution < 1.29 is 9.59 Å². The molecule has 0 saturated heterocycles. The molecule has 7 nitrogen and oxygen atoms in total. The van der Waals surface area contributed by atoms with Crippen molar-refractivity contribution in [1.82, 2.24) is 19.9 Å². The summed E-state index contributed by atoms with van der Waals surface area (Å²) in [6.07, 6.45) is 1.58. The van der Waals surface area contributed by atoms with Crippen LogP contribution < -0.4 is 10.2 Å². The number of nitrogens with one attached hydrogen (secondary N) is 1. The number of hydrogen-bond donors (Lipinski definition) is 1. The summed E-state index contributed by atoms with van der Waals surface area (Å²) in [5, 5.41) is 8.81. The SMILES string of the molecule is CC(C)(C)NC(=O)[C@H](c1ccccn1)N(C(=O)c1csnn1)c1cccc(Cl)c1. The topological polar surface area (TPSA) is 88.1 Å². The van der Waals surface area contributed by atoms with Crippen molar-refractivity contribution in [3.63, 3.8) is 0 Å². The number of nitrogens with zero attached hydrogens (tertiary/aromatic N) is 4. The molecule has 0 spiro atoms. The molecule has 0 aliphatic heterocycles. The first-order chi connectivity index (χ1) is 13.8. The van der Waals surface area contributed by atoms with Crippen molar-refractivity contribution in [2.45, 2.75) is 32.4 Å². The number of pyridine rings is 1. The van der Waals surface area contributed by atoms with Crippen LogP contribution in [-0.4, -0.2) is 31.9 Å². The Balaban J connectivity index is 2.16. The minimum absolute atomic E-state index is 0.138. The number of amides is 2. The van der Waals surface area contributed by atoms with E-state index in [2.05, 4.69) is 19.9 Å². The van der Waals surface area contributed by atoms with Gasteiger partial charge in [0.25, 0.3) is 5.91 Å². The molecule has 0 fully saturated rings. The molecule has 0 bridgehead atoms. The van der Waals surface area contributed by atoms with Crippen LogP contribution in [0.15, 0.2) is 54.0 Å². The first kappa shape index (κ1) is 20.9. The van der Waals surface area contributed by atoms with Gasteiger partial charge in [0.2, 0.25) is 5.91 Å². The zero-order valence-electron chi connectivity index (χ0n) is 16.2. The molecule has 1 atom stereocenters. The third kappa shape index (κ3) is 5.16. The number of hydrogen-bond acceptors (Lipinski definition) is 6. The molecule has 3 rings (SSSR count). The highest BCUT2D eigenvalue weighted by Gasteiger charge is 2.36. The van der Waals surface area contributed by atoms with E-state index in [9.17, 15) is 9.59 Å². The summed E-state index contributed by atoms with van der Waals surface area (Å²) in [6.45, 7) is 5.61. The zero-order valence-corrected chi connectivity index (χ0v) is 17.7. The highest BCUT2D eigenvalue weighted by atomic mass is 35.5. The van der Waals surface area contributed by atoms with Crippen LogP contribution in [0.1, 0.15) is 43.0 Å². The lowest BCUT2D eigenvalue weighted by Gasteiger charge is -2.32. The minimum atomic E-state index is -1.02. The van der Waals surface area contributed by atoms with Gasteiger partial charge in [0.05, 0.1) is 5.69 Å². The third-order valence-corrected chi connectivity index (χ3v) is 4.60. The first-order valence-corrected chi connectivity index (χ1v) is 10.1. The quantitative estimate of drug-likeness (QED) is 0.664. The molecule has 150 valence electrons. The van der Waals surface area contributed by atoms with Gasteiger partial charge in [0.1, 0.15) is 0 Å². The second-order valence-corrected chi connectivity index (χ2v) is 8.39. The van der Waals surface area contributed by atoms with Crippen LogP contribution in [0.2, 0.25) is 5.02 Å². The minimum Gasteiger partial charge on any atom is -0.349 e. The van der Waals surface area contributed by atoms with Crippen LogP contribution in [-0.2, 0) is 4.79 Å². The Bertz CT molecular complexity index is 990. The summed E-state index contributed by atoms with van der Waals surface area (Å²) in [5.41, 5.74) is 0.510.